The molecule has 11 heteroatoms. The van der Waals surface area contributed by atoms with Gasteiger partial charge in [-0.3, -0.25) is 9.48 Å². The number of fused-ring (bicyclic) bond motifs is 1. The van der Waals surface area contributed by atoms with Crippen LogP contribution in [-0.2, 0) is 36.1 Å². The van der Waals surface area contributed by atoms with Crippen LogP contribution < -0.4 is 5.32 Å². The van der Waals surface area contributed by atoms with Gasteiger partial charge < -0.3 is 15.3 Å². The summed E-state index contributed by atoms with van der Waals surface area (Å²) < 4.78 is 28.2. The second kappa shape index (κ2) is 13.0. The lowest BCUT2D eigenvalue weighted by Crippen LogP contribution is -2.37. The molecule has 1 atom stereocenters. The van der Waals surface area contributed by atoms with E-state index >= 15 is 0 Å². The van der Waals surface area contributed by atoms with Crippen LogP contribution in [0.25, 0.3) is 11.3 Å². The Hall–Kier alpha value is -2.76. The predicted molar refractivity (Wildman–Crippen MR) is 160 cm³/mol. The number of hydrogen-bond donors (Lipinski definition) is 2. The van der Waals surface area contributed by atoms with Crippen molar-refractivity contribution in [2.75, 3.05) is 32.4 Å². The lowest BCUT2D eigenvalue weighted by atomic mass is 10.0. The molecule has 9 nitrogen and oxygen atoms in total. The second-order valence-corrected chi connectivity index (χ2v) is 13.4. The number of halogens is 1. The normalized spacial score (nSPS) is 17.5. The SMILES string of the molecule is CS(=O)(=O)N1CCc2c(c(-c3ccc(Cl)c(CNC(=O)c4ccccc4)c3)nn2CC(O)CN2CCCCCC2)C1. The topological polar surface area (TPSA) is 108 Å². The average molecular weight is 600 g/mol. The van der Waals surface area contributed by atoms with Crippen molar-refractivity contribution in [1.82, 2.24) is 24.3 Å². The number of aliphatic hydroxyl groups is 1. The van der Waals surface area contributed by atoms with Crippen LogP contribution in [0.5, 0.6) is 0 Å². The zero-order chi connectivity index (χ0) is 29.0. The number of aromatic nitrogens is 2. The molecule has 1 amide bonds. The van der Waals surface area contributed by atoms with Crippen molar-refractivity contribution in [3.8, 4) is 11.3 Å². The van der Waals surface area contributed by atoms with E-state index in [4.69, 9.17) is 16.7 Å². The summed E-state index contributed by atoms with van der Waals surface area (Å²) in [6.45, 7) is 3.74. The highest BCUT2D eigenvalue weighted by molar-refractivity contribution is 7.88. The van der Waals surface area contributed by atoms with Gasteiger partial charge in [0.25, 0.3) is 5.91 Å². The molecule has 2 aliphatic rings. The minimum atomic E-state index is -3.39. The molecule has 0 aliphatic carbocycles. The Bertz CT molecular complexity index is 1470. The predicted octanol–water partition coefficient (Wildman–Crippen LogP) is 3.69. The quantitative estimate of drug-likeness (QED) is 0.388. The number of benzene rings is 2. The molecule has 0 radical (unpaired) electrons. The van der Waals surface area contributed by atoms with Gasteiger partial charge in [0.05, 0.1) is 24.6 Å². The third kappa shape index (κ3) is 7.37. The van der Waals surface area contributed by atoms with Crippen molar-refractivity contribution in [2.45, 2.75) is 57.8 Å². The van der Waals surface area contributed by atoms with E-state index in [9.17, 15) is 18.3 Å². The summed E-state index contributed by atoms with van der Waals surface area (Å²) in [6, 6.07) is 14.5. The first-order valence-corrected chi connectivity index (χ1v) is 16.5. The van der Waals surface area contributed by atoms with Gasteiger partial charge in [0.1, 0.15) is 0 Å². The lowest BCUT2D eigenvalue weighted by Gasteiger charge is -2.27. The van der Waals surface area contributed by atoms with Gasteiger partial charge in [-0.2, -0.15) is 9.40 Å². The smallest absolute Gasteiger partial charge is 0.251 e. The minimum Gasteiger partial charge on any atom is -0.390 e. The summed E-state index contributed by atoms with van der Waals surface area (Å²) in [5, 5.41) is 19.4. The van der Waals surface area contributed by atoms with E-state index in [-0.39, 0.29) is 19.0 Å². The minimum absolute atomic E-state index is 0.198. The van der Waals surface area contributed by atoms with Crippen LogP contribution >= 0.6 is 11.6 Å². The molecule has 1 aromatic heterocycles. The number of likely N-dealkylation sites (tertiary alicyclic amines) is 1. The summed E-state index contributed by atoms with van der Waals surface area (Å²) >= 11 is 6.52. The molecule has 3 aromatic rings. The molecule has 1 saturated heterocycles. The maximum absolute atomic E-state index is 12.6. The van der Waals surface area contributed by atoms with E-state index in [2.05, 4.69) is 10.2 Å². The Morgan fingerprint density at radius 3 is 2.49 bits per heavy atom. The Morgan fingerprint density at radius 2 is 1.78 bits per heavy atom. The highest BCUT2D eigenvalue weighted by Gasteiger charge is 2.30. The van der Waals surface area contributed by atoms with Crippen LogP contribution in [0.2, 0.25) is 5.02 Å². The number of hydrogen-bond acceptors (Lipinski definition) is 6. The van der Waals surface area contributed by atoms with Crippen LogP contribution in [0, 0.1) is 0 Å². The van der Waals surface area contributed by atoms with Crippen molar-refractivity contribution < 1.29 is 18.3 Å². The Balaban J connectivity index is 1.41. The lowest BCUT2D eigenvalue weighted by molar-refractivity contribution is 0.0948. The Kier molecular flexibility index (Phi) is 9.45. The molecule has 2 N–H and O–H groups in total. The number of carbonyl (C=O) groups is 1. The average Bonchev–Trinajstić information content (AvgIpc) is 3.11. The first-order chi connectivity index (χ1) is 19.7. The molecule has 220 valence electrons. The number of nitrogens with one attached hydrogen (secondary N) is 1. The van der Waals surface area contributed by atoms with Crippen molar-refractivity contribution in [1.29, 1.82) is 0 Å². The van der Waals surface area contributed by atoms with Crippen molar-refractivity contribution in [3.63, 3.8) is 0 Å². The molecule has 0 bridgehead atoms. The summed E-state index contributed by atoms with van der Waals surface area (Å²) in [5.41, 5.74) is 4.53. The second-order valence-electron chi connectivity index (χ2n) is 11.0. The number of carbonyl (C=O) groups excluding carboxylic acids is 1. The van der Waals surface area contributed by atoms with Crippen LogP contribution in [0.4, 0.5) is 0 Å². The molecule has 0 spiro atoms. The molecule has 41 heavy (non-hydrogen) atoms. The number of rotatable bonds is 9. The van der Waals surface area contributed by atoms with Crippen molar-refractivity contribution in [2.24, 2.45) is 0 Å². The molecule has 5 rings (SSSR count). The van der Waals surface area contributed by atoms with Crippen LogP contribution in [0.1, 0.15) is 52.9 Å². The van der Waals surface area contributed by atoms with Gasteiger partial charge in [-0.25, -0.2) is 8.42 Å². The number of amides is 1. The zero-order valence-electron chi connectivity index (χ0n) is 23.4. The summed E-state index contributed by atoms with van der Waals surface area (Å²) in [7, 11) is -3.39. The fourth-order valence-electron chi connectivity index (χ4n) is 5.73. The largest absolute Gasteiger partial charge is 0.390 e. The van der Waals surface area contributed by atoms with Gasteiger partial charge in [-0.05, 0) is 55.8 Å². The first kappa shape index (κ1) is 29.7. The maximum atomic E-state index is 12.6. The number of sulfonamides is 1. The maximum Gasteiger partial charge on any atom is 0.251 e. The zero-order valence-corrected chi connectivity index (χ0v) is 25.0. The van der Waals surface area contributed by atoms with Crippen molar-refractivity contribution >= 4 is 27.5 Å². The molecular weight excluding hydrogens is 562 g/mol. The fraction of sp³-hybridized carbons (Fsp3) is 0.467. The van der Waals surface area contributed by atoms with Gasteiger partial charge in [0, 0.05) is 60.0 Å². The van der Waals surface area contributed by atoms with Crippen LogP contribution in [0.15, 0.2) is 48.5 Å². The summed E-state index contributed by atoms with van der Waals surface area (Å²) in [4.78, 5) is 14.9. The molecule has 1 fully saturated rings. The monoisotopic (exact) mass is 599 g/mol. The number of β-amino-alcohol motifs (C(OH)–C–C–N with tert-alkyl or cyclic N) is 1. The molecular formula is C30H38ClN5O4S. The fourth-order valence-corrected chi connectivity index (χ4v) is 6.70. The van der Waals surface area contributed by atoms with E-state index in [0.29, 0.717) is 42.3 Å². The van der Waals surface area contributed by atoms with Gasteiger partial charge in [0.15, 0.2) is 0 Å². The molecule has 2 aliphatic heterocycles. The third-order valence-corrected chi connectivity index (χ3v) is 9.53. The highest BCUT2D eigenvalue weighted by atomic mass is 35.5. The Labute approximate surface area is 247 Å². The summed E-state index contributed by atoms with van der Waals surface area (Å²) in [5.74, 6) is -0.198. The van der Waals surface area contributed by atoms with Gasteiger partial charge >= 0.3 is 0 Å². The highest BCUT2D eigenvalue weighted by Crippen LogP contribution is 2.33. The first-order valence-electron chi connectivity index (χ1n) is 14.2. The Morgan fingerprint density at radius 1 is 1.05 bits per heavy atom. The van der Waals surface area contributed by atoms with Crippen molar-refractivity contribution in [3.05, 3.63) is 75.9 Å². The number of aliphatic hydroxyl groups excluding tert-OH is 1. The third-order valence-electron chi connectivity index (χ3n) is 7.91. The van der Waals surface area contributed by atoms with Gasteiger partial charge in [-0.15, -0.1) is 0 Å². The van der Waals surface area contributed by atoms with E-state index in [0.717, 1.165) is 48.3 Å². The van der Waals surface area contributed by atoms with Crippen LogP contribution in [0.3, 0.4) is 0 Å². The van der Waals surface area contributed by atoms with E-state index < -0.39 is 16.1 Å². The summed E-state index contributed by atoms with van der Waals surface area (Å²) in [6.07, 6.45) is 5.92. The van der Waals surface area contributed by atoms with E-state index in [1.807, 2.05) is 35.0 Å². The van der Waals surface area contributed by atoms with E-state index in [1.54, 1.807) is 18.2 Å². The number of nitrogens with zero attached hydrogens (tertiary/aromatic N) is 4. The molecule has 1 unspecified atom stereocenters. The van der Waals surface area contributed by atoms with Gasteiger partial charge in [-0.1, -0.05) is 48.7 Å². The molecule has 2 aromatic carbocycles. The van der Waals surface area contributed by atoms with E-state index in [1.165, 1.54) is 23.4 Å². The van der Waals surface area contributed by atoms with Crippen LogP contribution in [-0.4, -0.2) is 77.0 Å². The van der Waals surface area contributed by atoms with Gasteiger partial charge in [0.2, 0.25) is 10.0 Å². The molecule has 3 heterocycles. The molecule has 0 saturated carbocycles. The standard InChI is InChI=1S/C30H38ClN5O4S/c1-41(39,40)35-16-13-28-26(21-35)29(33-36(28)20-25(37)19-34-14-7-2-3-8-15-34)23-11-12-27(31)24(17-23)18-32-30(38)22-9-5-4-6-10-22/h4-6,9-12,17,25,37H,2-3,7-8,13-16,18-21H2,1H3,(H,32,38).